The zero-order valence-electron chi connectivity index (χ0n) is 15.8. The SMILES string of the molecule is CNC(=O)c1cccc(NCC(=O)Nc2ccc(C(=O)N3CCCC3)cc2)c1. The molecule has 2 aromatic rings. The number of amides is 3. The Morgan fingerprint density at radius 2 is 1.64 bits per heavy atom. The van der Waals surface area contributed by atoms with Gasteiger partial charge in [0.1, 0.15) is 0 Å². The fourth-order valence-electron chi connectivity index (χ4n) is 3.10. The van der Waals surface area contributed by atoms with Crippen molar-refractivity contribution in [2.24, 2.45) is 0 Å². The van der Waals surface area contributed by atoms with Crippen LogP contribution in [0.4, 0.5) is 11.4 Å². The van der Waals surface area contributed by atoms with Crippen molar-refractivity contribution in [2.75, 3.05) is 37.3 Å². The first kappa shape index (κ1) is 19.4. The topological polar surface area (TPSA) is 90.5 Å². The number of rotatable bonds is 6. The first-order chi connectivity index (χ1) is 13.6. The molecule has 0 spiro atoms. The van der Waals surface area contributed by atoms with Gasteiger partial charge in [-0.05, 0) is 55.3 Å². The van der Waals surface area contributed by atoms with Crippen LogP contribution in [0.25, 0.3) is 0 Å². The number of carbonyl (C=O) groups excluding carboxylic acids is 3. The summed E-state index contributed by atoms with van der Waals surface area (Å²) >= 11 is 0. The van der Waals surface area contributed by atoms with E-state index in [4.69, 9.17) is 0 Å². The van der Waals surface area contributed by atoms with E-state index in [2.05, 4.69) is 16.0 Å². The van der Waals surface area contributed by atoms with Crippen LogP contribution in [-0.2, 0) is 4.79 Å². The third-order valence-electron chi connectivity index (χ3n) is 4.61. The highest BCUT2D eigenvalue weighted by Crippen LogP contribution is 2.16. The molecule has 2 aromatic carbocycles. The van der Waals surface area contributed by atoms with Crippen molar-refractivity contribution in [1.82, 2.24) is 10.2 Å². The number of likely N-dealkylation sites (tertiary alicyclic amines) is 1. The Labute approximate surface area is 164 Å². The van der Waals surface area contributed by atoms with Gasteiger partial charge in [0.15, 0.2) is 0 Å². The summed E-state index contributed by atoms with van der Waals surface area (Å²) in [7, 11) is 1.57. The number of benzene rings is 2. The Balaban J connectivity index is 1.52. The molecule has 7 heteroatoms. The summed E-state index contributed by atoms with van der Waals surface area (Å²) in [6.45, 7) is 1.68. The molecule has 0 bridgehead atoms. The Hall–Kier alpha value is -3.35. The Morgan fingerprint density at radius 1 is 0.929 bits per heavy atom. The van der Waals surface area contributed by atoms with E-state index in [0.29, 0.717) is 22.5 Å². The van der Waals surface area contributed by atoms with E-state index >= 15 is 0 Å². The molecule has 1 heterocycles. The second-order valence-corrected chi connectivity index (χ2v) is 6.64. The third-order valence-corrected chi connectivity index (χ3v) is 4.61. The average molecular weight is 380 g/mol. The highest BCUT2D eigenvalue weighted by Gasteiger charge is 2.19. The van der Waals surface area contributed by atoms with Gasteiger partial charge in [0.2, 0.25) is 5.91 Å². The maximum Gasteiger partial charge on any atom is 0.253 e. The standard InChI is InChI=1S/C21H24N4O3/c1-22-20(27)16-5-4-6-18(13-16)23-14-19(26)24-17-9-7-15(8-10-17)21(28)25-11-2-3-12-25/h4-10,13,23H,2-3,11-12,14H2,1H3,(H,22,27)(H,24,26). The molecule has 28 heavy (non-hydrogen) atoms. The predicted octanol–water partition coefficient (Wildman–Crippen LogP) is 2.33. The molecule has 3 N–H and O–H groups in total. The van der Waals surface area contributed by atoms with Crippen LogP contribution in [0, 0.1) is 0 Å². The van der Waals surface area contributed by atoms with Crippen molar-refractivity contribution in [3.8, 4) is 0 Å². The number of hydrogen-bond acceptors (Lipinski definition) is 4. The number of nitrogens with zero attached hydrogens (tertiary/aromatic N) is 1. The summed E-state index contributed by atoms with van der Waals surface area (Å²) < 4.78 is 0. The van der Waals surface area contributed by atoms with Gasteiger partial charge in [0, 0.05) is 42.6 Å². The van der Waals surface area contributed by atoms with E-state index in [1.807, 2.05) is 4.90 Å². The van der Waals surface area contributed by atoms with Crippen molar-refractivity contribution >= 4 is 29.1 Å². The van der Waals surface area contributed by atoms with Gasteiger partial charge in [-0.15, -0.1) is 0 Å². The molecule has 0 atom stereocenters. The maximum absolute atomic E-state index is 12.3. The minimum atomic E-state index is -0.219. The van der Waals surface area contributed by atoms with Crippen molar-refractivity contribution in [3.05, 3.63) is 59.7 Å². The molecule has 1 aliphatic heterocycles. The number of hydrogen-bond donors (Lipinski definition) is 3. The smallest absolute Gasteiger partial charge is 0.253 e. The molecule has 1 saturated heterocycles. The van der Waals surface area contributed by atoms with Gasteiger partial charge in [0.05, 0.1) is 6.54 Å². The van der Waals surface area contributed by atoms with Crippen LogP contribution in [0.15, 0.2) is 48.5 Å². The lowest BCUT2D eigenvalue weighted by Crippen LogP contribution is -2.27. The van der Waals surface area contributed by atoms with Crippen LogP contribution in [-0.4, -0.2) is 49.3 Å². The van der Waals surface area contributed by atoms with Crippen LogP contribution in [0.2, 0.25) is 0 Å². The molecule has 1 fully saturated rings. The number of nitrogens with one attached hydrogen (secondary N) is 3. The first-order valence-corrected chi connectivity index (χ1v) is 9.32. The monoisotopic (exact) mass is 380 g/mol. The summed E-state index contributed by atoms with van der Waals surface area (Å²) in [4.78, 5) is 38.0. The van der Waals surface area contributed by atoms with Crippen LogP contribution in [0.5, 0.6) is 0 Å². The number of carbonyl (C=O) groups is 3. The second kappa shape index (κ2) is 9.03. The lowest BCUT2D eigenvalue weighted by molar-refractivity contribution is -0.114. The summed E-state index contributed by atoms with van der Waals surface area (Å²) in [5, 5.41) is 8.35. The van der Waals surface area contributed by atoms with E-state index in [1.54, 1.807) is 55.6 Å². The van der Waals surface area contributed by atoms with Crippen LogP contribution < -0.4 is 16.0 Å². The van der Waals surface area contributed by atoms with Gasteiger partial charge in [0.25, 0.3) is 11.8 Å². The quantitative estimate of drug-likeness (QED) is 0.717. The fourth-order valence-corrected chi connectivity index (χ4v) is 3.10. The van der Waals surface area contributed by atoms with Crippen LogP contribution in [0.3, 0.4) is 0 Å². The minimum Gasteiger partial charge on any atom is -0.376 e. The predicted molar refractivity (Wildman–Crippen MR) is 109 cm³/mol. The Kier molecular flexibility index (Phi) is 6.26. The molecule has 3 amide bonds. The van der Waals surface area contributed by atoms with E-state index in [0.717, 1.165) is 25.9 Å². The average Bonchev–Trinajstić information content (AvgIpc) is 3.27. The van der Waals surface area contributed by atoms with Gasteiger partial charge < -0.3 is 20.9 Å². The van der Waals surface area contributed by atoms with Crippen LogP contribution in [0.1, 0.15) is 33.6 Å². The molecule has 0 aliphatic carbocycles. The molecular formula is C21H24N4O3. The van der Waals surface area contributed by atoms with Crippen molar-refractivity contribution in [3.63, 3.8) is 0 Å². The largest absolute Gasteiger partial charge is 0.376 e. The molecule has 0 aromatic heterocycles. The van der Waals surface area contributed by atoms with Gasteiger partial charge >= 0.3 is 0 Å². The van der Waals surface area contributed by atoms with Gasteiger partial charge in [-0.2, -0.15) is 0 Å². The first-order valence-electron chi connectivity index (χ1n) is 9.32. The highest BCUT2D eigenvalue weighted by molar-refractivity contribution is 5.97. The van der Waals surface area contributed by atoms with Gasteiger partial charge in [-0.3, -0.25) is 14.4 Å². The molecule has 3 rings (SSSR count). The lowest BCUT2D eigenvalue weighted by atomic mass is 10.2. The fraction of sp³-hybridized carbons (Fsp3) is 0.286. The van der Waals surface area contributed by atoms with Crippen LogP contribution >= 0.6 is 0 Å². The third kappa shape index (κ3) is 4.88. The minimum absolute atomic E-state index is 0.0352. The molecule has 146 valence electrons. The zero-order chi connectivity index (χ0) is 19.9. The highest BCUT2D eigenvalue weighted by atomic mass is 16.2. The Bertz CT molecular complexity index is 858. The normalized spacial score (nSPS) is 13.1. The molecule has 1 aliphatic rings. The maximum atomic E-state index is 12.3. The van der Waals surface area contributed by atoms with Crippen molar-refractivity contribution in [2.45, 2.75) is 12.8 Å². The molecule has 0 unspecified atom stereocenters. The van der Waals surface area contributed by atoms with Crippen molar-refractivity contribution in [1.29, 1.82) is 0 Å². The van der Waals surface area contributed by atoms with Gasteiger partial charge in [-0.25, -0.2) is 0 Å². The van der Waals surface area contributed by atoms with Gasteiger partial charge in [-0.1, -0.05) is 6.07 Å². The summed E-state index contributed by atoms with van der Waals surface area (Å²) in [6.07, 6.45) is 2.11. The van der Waals surface area contributed by atoms with Crippen molar-refractivity contribution < 1.29 is 14.4 Å². The number of anilines is 2. The summed E-state index contributed by atoms with van der Waals surface area (Å²) in [5.41, 5.74) is 2.46. The molecular weight excluding hydrogens is 356 g/mol. The zero-order valence-corrected chi connectivity index (χ0v) is 15.8. The molecule has 0 radical (unpaired) electrons. The second-order valence-electron chi connectivity index (χ2n) is 6.64. The van der Waals surface area contributed by atoms with E-state index in [9.17, 15) is 14.4 Å². The van der Waals surface area contributed by atoms with E-state index in [-0.39, 0.29) is 24.3 Å². The van der Waals surface area contributed by atoms with E-state index < -0.39 is 0 Å². The summed E-state index contributed by atoms with van der Waals surface area (Å²) in [5.74, 6) is -0.367. The lowest BCUT2D eigenvalue weighted by Gasteiger charge is -2.15. The van der Waals surface area contributed by atoms with E-state index in [1.165, 1.54) is 0 Å². The molecule has 7 nitrogen and oxygen atoms in total. The Morgan fingerprint density at radius 3 is 2.32 bits per heavy atom. The summed E-state index contributed by atoms with van der Waals surface area (Å²) in [6, 6.07) is 13.9. The molecule has 0 saturated carbocycles.